The van der Waals surface area contributed by atoms with Crippen molar-refractivity contribution in [2.45, 2.75) is 0 Å². The fourth-order valence-electron chi connectivity index (χ4n) is 8.29. The molecule has 0 aliphatic rings. The van der Waals surface area contributed by atoms with Gasteiger partial charge in [-0.1, -0.05) is 140 Å². The van der Waals surface area contributed by atoms with Crippen molar-refractivity contribution < 1.29 is 4.42 Å². The number of hydrogen-bond donors (Lipinski definition) is 0. The highest BCUT2D eigenvalue weighted by atomic mass is 16.3. The Hall–Kier alpha value is -6.70. The third kappa shape index (κ3) is 4.42. The number of rotatable bonds is 3. The predicted molar refractivity (Wildman–Crippen MR) is 218 cm³/mol. The van der Waals surface area contributed by atoms with Gasteiger partial charge in [0.2, 0.25) is 0 Å². The first kappa shape index (κ1) is 28.2. The first-order valence-corrected chi connectivity index (χ1v) is 17.6. The normalized spacial score (nSPS) is 11.9. The molecule has 0 aliphatic heterocycles. The Balaban J connectivity index is 0.990. The summed E-state index contributed by atoms with van der Waals surface area (Å²) in [6.45, 7) is 0. The smallest absolute Gasteiger partial charge is 0.136 e. The van der Waals surface area contributed by atoms with Crippen molar-refractivity contribution >= 4 is 75.8 Å². The van der Waals surface area contributed by atoms with Crippen LogP contribution >= 0.6 is 0 Å². The highest BCUT2D eigenvalue weighted by Gasteiger charge is 2.13. The molecular weight excluding hydrogens is 617 g/mol. The van der Waals surface area contributed by atoms with Crippen LogP contribution in [-0.4, -0.2) is 0 Å². The van der Waals surface area contributed by atoms with Crippen molar-refractivity contribution in [3.8, 4) is 33.4 Å². The number of benzene rings is 10. The Morgan fingerprint density at radius 2 is 0.686 bits per heavy atom. The number of furan rings is 1. The molecule has 0 aliphatic carbocycles. The lowest BCUT2D eigenvalue weighted by Gasteiger charge is -2.12. The molecule has 11 rings (SSSR count). The molecule has 0 saturated carbocycles. The number of hydrogen-bond acceptors (Lipinski definition) is 1. The monoisotopic (exact) mass is 646 g/mol. The van der Waals surface area contributed by atoms with Crippen molar-refractivity contribution in [2.75, 3.05) is 0 Å². The summed E-state index contributed by atoms with van der Waals surface area (Å²) >= 11 is 0. The quantitative estimate of drug-likeness (QED) is 0.174. The van der Waals surface area contributed by atoms with Crippen LogP contribution in [0.2, 0.25) is 0 Å². The molecule has 1 heterocycles. The fourth-order valence-corrected chi connectivity index (χ4v) is 8.29. The van der Waals surface area contributed by atoms with Gasteiger partial charge in [-0.05, 0) is 130 Å². The van der Waals surface area contributed by atoms with E-state index in [4.69, 9.17) is 4.42 Å². The lowest BCUT2D eigenvalue weighted by Crippen LogP contribution is -1.85. The van der Waals surface area contributed by atoms with Gasteiger partial charge < -0.3 is 4.42 Å². The van der Waals surface area contributed by atoms with E-state index in [1.165, 1.54) is 76.1 Å². The Morgan fingerprint density at radius 3 is 1.35 bits per heavy atom. The Morgan fingerprint density at radius 1 is 0.235 bits per heavy atom. The average Bonchev–Trinajstić information content (AvgIpc) is 3.57. The Kier molecular flexibility index (Phi) is 6.02. The molecule has 0 saturated heterocycles. The summed E-state index contributed by atoms with van der Waals surface area (Å²) in [7, 11) is 0. The molecule has 1 heteroatoms. The molecule has 51 heavy (non-hydrogen) atoms. The van der Waals surface area contributed by atoms with Crippen molar-refractivity contribution in [1.82, 2.24) is 0 Å². The summed E-state index contributed by atoms with van der Waals surface area (Å²) in [4.78, 5) is 0. The van der Waals surface area contributed by atoms with Gasteiger partial charge in [-0.3, -0.25) is 0 Å². The fraction of sp³-hybridized carbons (Fsp3) is 0. The Labute approximate surface area is 294 Å². The van der Waals surface area contributed by atoms with Gasteiger partial charge in [0.1, 0.15) is 11.2 Å². The van der Waals surface area contributed by atoms with Crippen molar-refractivity contribution in [2.24, 2.45) is 0 Å². The summed E-state index contributed by atoms with van der Waals surface area (Å²) in [5.74, 6) is 0. The molecule has 0 fully saturated rings. The zero-order valence-electron chi connectivity index (χ0n) is 27.7. The first-order chi connectivity index (χ1) is 25.2. The molecule has 0 N–H and O–H groups in total. The first-order valence-electron chi connectivity index (χ1n) is 17.6. The van der Waals surface area contributed by atoms with E-state index in [1.807, 2.05) is 0 Å². The van der Waals surface area contributed by atoms with E-state index >= 15 is 0 Å². The minimum Gasteiger partial charge on any atom is -0.456 e. The van der Waals surface area contributed by atoms with Crippen LogP contribution in [-0.2, 0) is 0 Å². The van der Waals surface area contributed by atoms with Gasteiger partial charge in [0.25, 0.3) is 0 Å². The minimum atomic E-state index is 0.905. The molecule has 11 aromatic rings. The second kappa shape index (κ2) is 10.9. The zero-order chi connectivity index (χ0) is 33.5. The van der Waals surface area contributed by atoms with Crippen molar-refractivity contribution in [3.05, 3.63) is 182 Å². The molecule has 0 radical (unpaired) electrons. The predicted octanol–water partition coefficient (Wildman–Crippen LogP) is 14.4. The Bertz CT molecular complexity index is 3160. The maximum atomic E-state index is 6.55. The van der Waals surface area contributed by atoms with E-state index in [2.05, 4.69) is 182 Å². The summed E-state index contributed by atoms with van der Waals surface area (Å²) in [5.41, 5.74) is 8.96. The van der Waals surface area contributed by atoms with Crippen LogP contribution in [0.4, 0.5) is 0 Å². The van der Waals surface area contributed by atoms with E-state index in [0.717, 1.165) is 33.1 Å². The lowest BCUT2D eigenvalue weighted by molar-refractivity contribution is 0.669. The van der Waals surface area contributed by atoms with Gasteiger partial charge in [-0.15, -0.1) is 0 Å². The van der Waals surface area contributed by atoms with Gasteiger partial charge in [0, 0.05) is 10.8 Å². The van der Waals surface area contributed by atoms with E-state index in [0.29, 0.717) is 0 Å². The van der Waals surface area contributed by atoms with Crippen LogP contribution in [0.25, 0.3) is 109 Å². The molecule has 1 aromatic heterocycles. The SMILES string of the molecule is c1ccc2c(-c3ccc4c(c3)oc3cc(-c5ccc6ccc(-c7ccc8c9ccccc9c9ccccc9c8c7)cc6c5)ccc34)cccc2c1. The summed E-state index contributed by atoms with van der Waals surface area (Å²) in [6, 6.07) is 66.3. The van der Waals surface area contributed by atoms with Crippen LogP contribution in [0.5, 0.6) is 0 Å². The molecule has 0 spiro atoms. The van der Waals surface area contributed by atoms with Gasteiger partial charge in [-0.25, -0.2) is 0 Å². The van der Waals surface area contributed by atoms with E-state index in [1.54, 1.807) is 0 Å². The third-order valence-corrected chi connectivity index (χ3v) is 10.8. The topological polar surface area (TPSA) is 13.1 Å². The van der Waals surface area contributed by atoms with E-state index < -0.39 is 0 Å². The van der Waals surface area contributed by atoms with Crippen molar-refractivity contribution in [1.29, 1.82) is 0 Å². The second-order valence-corrected chi connectivity index (χ2v) is 13.7. The maximum absolute atomic E-state index is 6.55. The van der Waals surface area contributed by atoms with Crippen molar-refractivity contribution in [3.63, 3.8) is 0 Å². The lowest BCUT2D eigenvalue weighted by atomic mass is 9.91. The molecule has 0 unspecified atom stereocenters. The largest absolute Gasteiger partial charge is 0.456 e. The van der Waals surface area contributed by atoms with Gasteiger partial charge in [-0.2, -0.15) is 0 Å². The standard InChI is InChI=1S/C50H30O/c1-2-10-39-32(8-1)9-7-15-40(39)37-22-25-47-46-24-21-36(29-49(46)51-50(47)30-37)34-19-17-31-16-18-33(26-38(31)27-34)35-20-23-45-43-13-4-3-11-41(43)42-12-5-6-14-44(42)48(45)28-35/h1-30H. The van der Waals surface area contributed by atoms with E-state index in [-0.39, 0.29) is 0 Å². The molecule has 0 atom stereocenters. The maximum Gasteiger partial charge on any atom is 0.136 e. The molecule has 10 aromatic carbocycles. The van der Waals surface area contributed by atoms with Crippen LogP contribution in [0.3, 0.4) is 0 Å². The van der Waals surface area contributed by atoms with Crippen LogP contribution < -0.4 is 0 Å². The summed E-state index contributed by atoms with van der Waals surface area (Å²) in [6.07, 6.45) is 0. The van der Waals surface area contributed by atoms with Gasteiger partial charge in [0.15, 0.2) is 0 Å². The third-order valence-electron chi connectivity index (χ3n) is 10.8. The molecule has 1 nitrogen and oxygen atoms in total. The number of fused-ring (bicyclic) bond motifs is 11. The molecular formula is C50H30O. The van der Waals surface area contributed by atoms with Crippen LogP contribution in [0.1, 0.15) is 0 Å². The van der Waals surface area contributed by atoms with Crippen LogP contribution in [0.15, 0.2) is 186 Å². The van der Waals surface area contributed by atoms with Gasteiger partial charge >= 0.3 is 0 Å². The minimum absolute atomic E-state index is 0.905. The highest BCUT2D eigenvalue weighted by molar-refractivity contribution is 6.25. The van der Waals surface area contributed by atoms with E-state index in [9.17, 15) is 0 Å². The molecule has 236 valence electrons. The van der Waals surface area contributed by atoms with Gasteiger partial charge in [0.05, 0.1) is 0 Å². The summed E-state index contributed by atoms with van der Waals surface area (Å²) in [5, 5.41) is 15.0. The molecule has 0 amide bonds. The average molecular weight is 647 g/mol. The van der Waals surface area contributed by atoms with Crippen LogP contribution in [0, 0.1) is 0 Å². The molecule has 0 bridgehead atoms. The second-order valence-electron chi connectivity index (χ2n) is 13.7. The summed E-state index contributed by atoms with van der Waals surface area (Å²) < 4.78 is 6.55. The highest BCUT2D eigenvalue weighted by Crippen LogP contribution is 2.39. The zero-order valence-corrected chi connectivity index (χ0v) is 27.7.